The zero-order valence-electron chi connectivity index (χ0n) is 12.6. The second-order valence-corrected chi connectivity index (χ2v) is 5.49. The van der Waals surface area contributed by atoms with Crippen LogP contribution in [0.25, 0.3) is 0 Å². The second-order valence-electron chi connectivity index (χ2n) is 5.49. The van der Waals surface area contributed by atoms with Crippen molar-refractivity contribution in [3.8, 4) is 0 Å². The zero-order chi connectivity index (χ0) is 14.1. The van der Waals surface area contributed by atoms with E-state index < -0.39 is 0 Å². The first kappa shape index (κ1) is 16.0. The summed E-state index contributed by atoms with van der Waals surface area (Å²) in [6.45, 7) is 11.2. The lowest BCUT2D eigenvalue weighted by molar-refractivity contribution is 0.0834. The Morgan fingerprint density at radius 2 is 2.05 bits per heavy atom. The van der Waals surface area contributed by atoms with Crippen molar-refractivity contribution in [1.29, 1.82) is 0 Å². The molecule has 0 heterocycles. The summed E-state index contributed by atoms with van der Waals surface area (Å²) < 4.78 is 5.67. The largest absolute Gasteiger partial charge is 0.399 e. The standard InChI is InChI=1S/C16H28N2O/c1-4-8-18(9-10-19-13-14(2)3)12-15-6-5-7-16(17)11-15/h5-7,11,14H,4,8-10,12-13,17H2,1-3H3. The van der Waals surface area contributed by atoms with E-state index in [1.165, 1.54) is 5.56 Å². The highest BCUT2D eigenvalue weighted by Gasteiger charge is 2.05. The molecular formula is C16H28N2O. The lowest BCUT2D eigenvalue weighted by Crippen LogP contribution is -2.28. The fourth-order valence-corrected chi connectivity index (χ4v) is 2.05. The van der Waals surface area contributed by atoms with Gasteiger partial charge in [0, 0.05) is 25.4 Å². The number of nitrogen functional groups attached to an aromatic ring is 1. The van der Waals surface area contributed by atoms with Crippen molar-refractivity contribution >= 4 is 5.69 Å². The minimum atomic E-state index is 0.605. The van der Waals surface area contributed by atoms with E-state index in [2.05, 4.69) is 37.8 Å². The van der Waals surface area contributed by atoms with Crippen LogP contribution < -0.4 is 5.73 Å². The summed E-state index contributed by atoms with van der Waals surface area (Å²) in [5.41, 5.74) is 7.93. The van der Waals surface area contributed by atoms with E-state index in [0.29, 0.717) is 5.92 Å². The topological polar surface area (TPSA) is 38.5 Å². The van der Waals surface area contributed by atoms with Gasteiger partial charge in [0.25, 0.3) is 0 Å². The van der Waals surface area contributed by atoms with Crippen molar-refractivity contribution in [2.45, 2.75) is 33.7 Å². The maximum atomic E-state index is 5.82. The SMILES string of the molecule is CCCN(CCOCC(C)C)Cc1cccc(N)c1. The van der Waals surface area contributed by atoms with E-state index in [9.17, 15) is 0 Å². The number of ether oxygens (including phenoxy) is 1. The van der Waals surface area contributed by atoms with Gasteiger partial charge < -0.3 is 10.5 Å². The van der Waals surface area contributed by atoms with Gasteiger partial charge >= 0.3 is 0 Å². The average Bonchev–Trinajstić information content (AvgIpc) is 2.34. The van der Waals surface area contributed by atoms with Crippen molar-refractivity contribution < 1.29 is 4.74 Å². The molecule has 1 aromatic rings. The van der Waals surface area contributed by atoms with Crippen LogP contribution in [0.5, 0.6) is 0 Å². The highest BCUT2D eigenvalue weighted by molar-refractivity contribution is 5.40. The fourth-order valence-electron chi connectivity index (χ4n) is 2.05. The van der Waals surface area contributed by atoms with Gasteiger partial charge in [0.1, 0.15) is 0 Å². The van der Waals surface area contributed by atoms with Crippen LogP contribution in [-0.2, 0) is 11.3 Å². The molecule has 0 spiro atoms. The zero-order valence-corrected chi connectivity index (χ0v) is 12.6. The number of rotatable bonds is 9. The van der Waals surface area contributed by atoms with Crippen LogP contribution >= 0.6 is 0 Å². The Bertz CT molecular complexity index is 352. The van der Waals surface area contributed by atoms with Gasteiger partial charge in [-0.1, -0.05) is 32.9 Å². The molecule has 1 aromatic carbocycles. The highest BCUT2D eigenvalue weighted by atomic mass is 16.5. The summed E-state index contributed by atoms with van der Waals surface area (Å²) in [5, 5.41) is 0. The summed E-state index contributed by atoms with van der Waals surface area (Å²) in [5.74, 6) is 0.605. The third-order valence-electron chi connectivity index (χ3n) is 2.90. The van der Waals surface area contributed by atoms with Gasteiger partial charge in [0.15, 0.2) is 0 Å². The molecule has 19 heavy (non-hydrogen) atoms. The van der Waals surface area contributed by atoms with E-state index >= 15 is 0 Å². The van der Waals surface area contributed by atoms with Crippen LogP contribution in [0.2, 0.25) is 0 Å². The summed E-state index contributed by atoms with van der Waals surface area (Å²) in [7, 11) is 0. The number of nitrogens with zero attached hydrogens (tertiary/aromatic N) is 1. The predicted octanol–water partition coefficient (Wildman–Crippen LogP) is 3.15. The van der Waals surface area contributed by atoms with Crippen LogP contribution in [0.4, 0.5) is 5.69 Å². The lowest BCUT2D eigenvalue weighted by atomic mass is 10.2. The first-order chi connectivity index (χ1) is 9.11. The summed E-state index contributed by atoms with van der Waals surface area (Å²) >= 11 is 0. The lowest BCUT2D eigenvalue weighted by Gasteiger charge is -2.22. The molecule has 0 radical (unpaired) electrons. The monoisotopic (exact) mass is 264 g/mol. The Kier molecular flexibility index (Phi) is 7.53. The van der Waals surface area contributed by atoms with Crippen molar-refractivity contribution in [1.82, 2.24) is 4.90 Å². The maximum absolute atomic E-state index is 5.82. The number of nitrogens with two attached hydrogens (primary N) is 1. The van der Waals surface area contributed by atoms with E-state index in [-0.39, 0.29) is 0 Å². The molecule has 0 saturated carbocycles. The Balaban J connectivity index is 2.39. The number of hydrogen-bond acceptors (Lipinski definition) is 3. The molecule has 0 atom stereocenters. The van der Waals surface area contributed by atoms with Crippen LogP contribution in [0.1, 0.15) is 32.8 Å². The first-order valence-electron chi connectivity index (χ1n) is 7.26. The quantitative estimate of drug-likeness (QED) is 0.550. The average molecular weight is 264 g/mol. The number of benzene rings is 1. The Morgan fingerprint density at radius 3 is 2.68 bits per heavy atom. The maximum Gasteiger partial charge on any atom is 0.0593 e. The summed E-state index contributed by atoms with van der Waals surface area (Å²) in [4.78, 5) is 2.43. The highest BCUT2D eigenvalue weighted by Crippen LogP contribution is 2.10. The molecule has 3 nitrogen and oxygen atoms in total. The molecule has 0 aromatic heterocycles. The predicted molar refractivity (Wildman–Crippen MR) is 82.1 cm³/mol. The second kappa shape index (κ2) is 8.94. The molecule has 0 bridgehead atoms. The minimum Gasteiger partial charge on any atom is -0.399 e. The molecule has 0 aliphatic rings. The van der Waals surface area contributed by atoms with Crippen LogP contribution in [0.3, 0.4) is 0 Å². The van der Waals surface area contributed by atoms with Gasteiger partial charge in [-0.05, 0) is 36.6 Å². The first-order valence-corrected chi connectivity index (χ1v) is 7.26. The molecule has 1 rings (SSSR count). The molecule has 0 aliphatic carbocycles. The van der Waals surface area contributed by atoms with Crippen LogP contribution in [0.15, 0.2) is 24.3 Å². The van der Waals surface area contributed by atoms with Gasteiger partial charge in [0.2, 0.25) is 0 Å². The fraction of sp³-hybridized carbons (Fsp3) is 0.625. The van der Waals surface area contributed by atoms with E-state index in [1.807, 2.05) is 12.1 Å². The minimum absolute atomic E-state index is 0.605. The van der Waals surface area contributed by atoms with Crippen LogP contribution in [0, 0.1) is 5.92 Å². The summed E-state index contributed by atoms with van der Waals surface area (Å²) in [6.07, 6.45) is 1.16. The molecule has 0 amide bonds. The molecule has 108 valence electrons. The molecule has 0 unspecified atom stereocenters. The Hall–Kier alpha value is -1.06. The van der Waals surface area contributed by atoms with E-state index in [4.69, 9.17) is 10.5 Å². The van der Waals surface area contributed by atoms with Gasteiger partial charge in [-0.25, -0.2) is 0 Å². The van der Waals surface area contributed by atoms with Crippen molar-refractivity contribution in [3.05, 3.63) is 29.8 Å². The van der Waals surface area contributed by atoms with E-state index in [1.54, 1.807) is 0 Å². The van der Waals surface area contributed by atoms with Gasteiger partial charge in [-0.15, -0.1) is 0 Å². The number of hydrogen-bond donors (Lipinski definition) is 1. The molecule has 0 aliphatic heterocycles. The molecule has 0 saturated heterocycles. The normalized spacial score (nSPS) is 11.4. The van der Waals surface area contributed by atoms with Gasteiger partial charge in [0.05, 0.1) is 6.61 Å². The Labute approximate surface area is 117 Å². The molecule has 0 fully saturated rings. The van der Waals surface area contributed by atoms with Crippen LogP contribution in [-0.4, -0.2) is 31.2 Å². The molecule has 3 heteroatoms. The third-order valence-corrected chi connectivity index (χ3v) is 2.90. The molecular weight excluding hydrogens is 236 g/mol. The van der Waals surface area contributed by atoms with Crippen molar-refractivity contribution in [3.63, 3.8) is 0 Å². The van der Waals surface area contributed by atoms with Gasteiger partial charge in [-0.3, -0.25) is 4.90 Å². The summed E-state index contributed by atoms with van der Waals surface area (Å²) in [6, 6.07) is 8.13. The number of anilines is 1. The third kappa shape index (κ3) is 7.19. The smallest absolute Gasteiger partial charge is 0.0593 e. The van der Waals surface area contributed by atoms with Crippen molar-refractivity contribution in [2.75, 3.05) is 32.0 Å². The molecule has 2 N–H and O–H groups in total. The van der Waals surface area contributed by atoms with Crippen molar-refractivity contribution in [2.24, 2.45) is 5.92 Å². The Morgan fingerprint density at radius 1 is 1.26 bits per heavy atom. The van der Waals surface area contributed by atoms with Gasteiger partial charge in [-0.2, -0.15) is 0 Å². The van der Waals surface area contributed by atoms with E-state index in [0.717, 1.165) is 45.0 Å².